The standard InChI is InChI=1S/C18H26F4O/c1-3-5-13-6-10-16(11-7-13)23-12-15-9-8-14(4-2)17(19,20)18(15,21)22/h8-9,13,16H,3-7,10-12H2,1-2H3. The van der Waals surface area contributed by atoms with Crippen molar-refractivity contribution in [3.8, 4) is 0 Å². The molecule has 0 radical (unpaired) electrons. The topological polar surface area (TPSA) is 9.23 Å². The molecule has 0 aromatic carbocycles. The summed E-state index contributed by atoms with van der Waals surface area (Å²) in [5.74, 6) is -7.59. The summed E-state index contributed by atoms with van der Waals surface area (Å²) in [5, 5.41) is 0. The molecule has 0 aromatic rings. The van der Waals surface area contributed by atoms with E-state index >= 15 is 0 Å². The molecule has 0 bridgehead atoms. The van der Waals surface area contributed by atoms with Gasteiger partial charge in [0.15, 0.2) is 0 Å². The van der Waals surface area contributed by atoms with Crippen molar-refractivity contribution in [2.24, 2.45) is 5.92 Å². The molecule has 1 saturated carbocycles. The van der Waals surface area contributed by atoms with Crippen LogP contribution in [0.4, 0.5) is 17.6 Å². The zero-order valence-corrected chi connectivity index (χ0v) is 13.9. The van der Waals surface area contributed by atoms with Gasteiger partial charge in [0.2, 0.25) is 0 Å². The molecule has 0 heterocycles. The molecular formula is C18H26F4O. The minimum absolute atomic E-state index is 0.0886. The van der Waals surface area contributed by atoms with Crippen LogP contribution in [0.25, 0.3) is 0 Å². The van der Waals surface area contributed by atoms with E-state index < -0.39 is 29.6 Å². The summed E-state index contributed by atoms with van der Waals surface area (Å²) in [6.45, 7) is 3.19. The Hall–Kier alpha value is -0.840. The van der Waals surface area contributed by atoms with Gasteiger partial charge in [-0.15, -0.1) is 0 Å². The number of ether oxygens (including phenoxy) is 1. The van der Waals surface area contributed by atoms with Crippen molar-refractivity contribution in [3.05, 3.63) is 23.3 Å². The highest BCUT2D eigenvalue weighted by molar-refractivity contribution is 5.37. The van der Waals surface area contributed by atoms with Gasteiger partial charge in [-0.25, -0.2) is 0 Å². The average molecular weight is 334 g/mol. The van der Waals surface area contributed by atoms with E-state index in [-0.39, 0.29) is 12.5 Å². The first-order chi connectivity index (χ1) is 10.8. The van der Waals surface area contributed by atoms with Gasteiger partial charge in [0.25, 0.3) is 0 Å². The van der Waals surface area contributed by atoms with Gasteiger partial charge in [-0.1, -0.05) is 38.8 Å². The zero-order valence-electron chi connectivity index (χ0n) is 13.9. The van der Waals surface area contributed by atoms with Gasteiger partial charge < -0.3 is 4.74 Å². The van der Waals surface area contributed by atoms with Crippen LogP contribution in [0, 0.1) is 5.92 Å². The summed E-state index contributed by atoms with van der Waals surface area (Å²) in [4.78, 5) is 0. The summed E-state index contributed by atoms with van der Waals surface area (Å²) in [5.41, 5.74) is -1.14. The van der Waals surface area contributed by atoms with Crippen LogP contribution >= 0.6 is 0 Å². The minimum Gasteiger partial charge on any atom is -0.374 e. The molecule has 132 valence electrons. The fraction of sp³-hybridized carbons (Fsp3) is 0.778. The van der Waals surface area contributed by atoms with E-state index in [9.17, 15) is 17.6 Å². The first-order valence-corrected chi connectivity index (χ1v) is 8.60. The first kappa shape index (κ1) is 18.5. The lowest BCUT2D eigenvalue weighted by atomic mass is 9.84. The SMILES string of the molecule is CCCC1CCC(OCC2=CC=C(CC)C(F)(F)C2(F)F)CC1. The summed E-state index contributed by atoms with van der Waals surface area (Å²) in [6.07, 6.45) is 8.11. The van der Waals surface area contributed by atoms with E-state index in [1.54, 1.807) is 0 Å². The van der Waals surface area contributed by atoms with Crippen molar-refractivity contribution < 1.29 is 22.3 Å². The highest BCUT2D eigenvalue weighted by Crippen LogP contribution is 2.48. The summed E-state index contributed by atoms with van der Waals surface area (Å²) in [7, 11) is 0. The molecule has 2 aliphatic carbocycles. The maximum Gasteiger partial charge on any atom is 0.338 e. The molecule has 0 aromatic heterocycles. The second-order valence-electron chi connectivity index (χ2n) is 6.63. The molecule has 23 heavy (non-hydrogen) atoms. The molecule has 1 nitrogen and oxygen atoms in total. The normalized spacial score (nSPS) is 29.8. The predicted molar refractivity (Wildman–Crippen MR) is 83.0 cm³/mol. The van der Waals surface area contributed by atoms with Gasteiger partial charge in [-0.05, 0) is 38.0 Å². The molecular weight excluding hydrogens is 308 g/mol. The number of alkyl halides is 4. The number of halogens is 4. The van der Waals surface area contributed by atoms with Gasteiger partial charge in [-0.2, -0.15) is 17.6 Å². The summed E-state index contributed by atoms with van der Waals surface area (Å²) >= 11 is 0. The van der Waals surface area contributed by atoms with Crippen LogP contribution in [0.5, 0.6) is 0 Å². The van der Waals surface area contributed by atoms with E-state index in [0.29, 0.717) is 5.92 Å². The third kappa shape index (κ3) is 3.81. The highest BCUT2D eigenvalue weighted by atomic mass is 19.3. The van der Waals surface area contributed by atoms with Crippen molar-refractivity contribution in [1.29, 1.82) is 0 Å². The molecule has 2 aliphatic rings. The van der Waals surface area contributed by atoms with Gasteiger partial charge in [0, 0.05) is 11.1 Å². The third-order valence-electron chi connectivity index (χ3n) is 5.03. The van der Waals surface area contributed by atoms with E-state index in [2.05, 4.69) is 6.92 Å². The van der Waals surface area contributed by atoms with Crippen molar-refractivity contribution in [3.63, 3.8) is 0 Å². The van der Waals surface area contributed by atoms with Crippen LogP contribution in [0.1, 0.15) is 58.8 Å². The van der Waals surface area contributed by atoms with Gasteiger partial charge in [0.1, 0.15) is 0 Å². The Bertz CT molecular complexity index is 460. The molecule has 2 rings (SSSR count). The average Bonchev–Trinajstić information content (AvgIpc) is 2.51. The smallest absolute Gasteiger partial charge is 0.338 e. The zero-order chi connectivity index (χ0) is 17.1. The predicted octanol–water partition coefficient (Wildman–Crippen LogP) is 5.91. The van der Waals surface area contributed by atoms with E-state index in [4.69, 9.17) is 4.74 Å². The molecule has 0 aliphatic heterocycles. The Kier molecular flexibility index (Phi) is 5.93. The second kappa shape index (κ2) is 7.37. The summed E-state index contributed by atoms with van der Waals surface area (Å²) < 4.78 is 61.4. The highest BCUT2D eigenvalue weighted by Gasteiger charge is 2.61. The molecule has 0 unspecified atom stereocenters. The molecule has 5 heteroatoms. The Balaban J connectivity index is 1.93. The lowest BCUT2D eigenvalue weighted by Crippen LogP contribution is -2.46. The van der Waals surface area contributed by atoms with Crippen molar-refractivity contribution in [1.82, 2.24) is 0 Å². The van der Waals surface area contributed by atoms with E-state index in [0.717, 1.165) is 44.3 Å². The first-order valence-electron chi connectivity index (χ1n) is 8.60. The van der Waals surface area contributed by atoms with Crippen molar-refractivity contribution in [2.75, 3.05) is 6.61 Å². The molecule has 0 N–H and O–H groups in total. The third-order valence-corrected chi connectivity index (χ3v) is 5.03. The van der Waals surface area contributed by atoms with Crippen molar-refractivity contribution >= 4 is 0 Å². The maximum atomic E-state index is 14.1. The minimum atomic E-state index is -4.16. The van der Waals surface area contributed by atoms with E-state index in [1.807, 2.05) is 0 Å². The van der Waals surface area contributed by atoms with Crippen LogP contribution < -0.4 is 0 Å². The lowest BCUT2D eigenvalue weighted by molar-refractivity contribution is -0.170. The second-order valence-corrected chi connectivity index (χ2v) is 6.63. The maximum absolute atomic E-state index is 14.1. The fourth-order valence-corrected chi connectivity index (χ4v) is 3.50. The Morgan fingerprint density at radius 2 is 1.52 bits per heavy atom. The molecule has 0 amide bonds. The quantitative estimate of drug-likeness (QED) is 0.549. The van der Waals surface area contributed by atoms with Gasteiger partial charge in [-0.3, -0.25) is 0 Å². The molecule has 0 saturated heterocycles. The van der Waals surface area contributed by atoms with Crippen molar-refractivity contribution in [2.45, 2.75) is 76.7 Å². The van der Waals surface area contributed by atoms with Gasteiger partial charge in [0.05, 0.1) is 12.7 Å². The van der Waals surface area contributed by atoms with Crippen LogP contribution in [0.3, 0.4) is 0 Å². The summed E-state index contributed by atoms with van der Waals surface area (Å²) in [6, 6.07) is 0. The molecule has 0 atom stereocenters. The van der Waals surface area contributed by atoms with Crippen LogP contribution in [-0.2, 0) is 4.74 Å². The lowest BCUT2D eigenvalue weighted by Gasteiger charge is -2.34. The number of rotatable bonds is 6. The number of hydrogen-bond donors (Lipinski definition) is 0. The Morgan fingerprint density at radius 3 is 2.09 bits per heavy atom. The van der Waals surface area contributed by atoms with Crippen LogP contribution in [-0.4, -0.2) is 24.6 Å². The Morgan fingerprint density at radius 1 is 0.957 bits per heavy atom. The van der Waals surface area contributed by atoms with Gasteiger partial charge >= 0.3 is 11.8 Å². The largest absolute Gasteiger partial charge is 0.374 e. The van der Waals surface area contributed by atoms with E-state index in [1.165, 1.54) is 13.3 Å². The van der Waals surface area contributed by atoms with Crippen LogP contribution in [0.15, 0.2) is 23.3 Å². The molecule has 0 spiro atoms. The fourth-order valence-electron chi connectivity index (χ4n) is 3.50. The van der Waals surface area contributed by atoms with Crippen LogP contribution in [0.2, 0.25) is 0 Å². The Labute approximate surface area is 135 Å². The molecule has 1 fully saturated rings. The monoisotopic (exact) mass is 334 g/mol. The number of hydrogen-bond acceptors (Lipinski definition) is 1. The number of allylic oxidation sites excluding steroid dienone is 3.